The summed E-state index contributed by atoms with van der Waals surface area (Å²) in [6, 6.07) is 21.6. The first-order valence-corrected chi connectivity index (χ1v) is 10.4. The SMILES string of the molecule is CN(Cc1ccccc1)C(=O)CCNC(=O)c1occc1CSc1ccccc1. The summed E-state index contributed by atoms with van der Waals surface area (Å²) >= 11 is 1.64. The Morgan fingerprint density at radius 2 is 1.69 bits per heavy atom. The number of hydrogen-bond acceptors (Lipinski definition) is 4. The van der Waals surface area contributed by atoms with Gasteiger partial charge in [-0.05, 0) is 23.8 Å². The highest BCUT2D eigenvalue weighted by Crippen LogP contribution is 2.24. The minimum atomic E-state index is -0.294. The Kier molecular flexibility index (Phi) is 7.53. The first kappa shape index (κ1) is 20.7. The van der Waals surface area contributed by atoms with Gasteiger partial charge in [0.1, 0.15) is 0 Å². The second-order valence-corrected chi connectivity index (χ2v) is 7.67. The summed E-state index contributed by atoms with van der Waals surface area (Å²) in [6.45, 7) is 0.815. The first-order valence-electron chi connectivity index (χ1n) is 9.44. The van der Waals surface area contributed by atoms with E-state index in [4.69, 9.17) is 4.42 Å². The van der Waals surface area contributed by atoms with Crippen LogP contribution in [-0.4, -0.2) is 30.3 Å². The lowest BCUT2D eigenvalue weighted by Gasteiger charge is -2.17. The molecular formula is C23H24N2O3S. The Labute approximate surface area is 175 Å². The number of benzene rings is 2. The summed E-state index contributed by atoms with van der Waals surface area (Å²) in [6.07, 6.45) is 1.76. The third-order valence-corrected chi connectivity index (χ3v) is 5.46. The van der Waals surface area contributed by atoms with E-state index in [1.54, 1.807) is 23.7 Å². The van der Waals surface area contributed by atoms with E-state index in [0.29, 0.717) is 18.1 Å². The van der Waals surface area contributed by atoms with Crippen molar-refractivity contribution >= 4 is 23.6 Å². The van der Waals surface area contributed by atoms with Crippen LogP contribution in [0.1, 0.15) is 28.1 Å². The van der Waals surface area contributed by atoms with Crippen LogP contribution in [0.3, 0.4) is 0 Å². The van der Waals surface area contributed by atoms with Crippen molar-refractivity contribution in [2.45, 2.75) is 23.6 Å². The van der Waals surface area contributed by atoms with Gasteiger partial charge in [-0.3, -0.25) is 9.59 Å². The van der Waals surface area contributed by atoms with Gasteiger partial charge in [0.05, 0.1) is 6.26 Å². The molecule has 0 spiro atoms. The van der Waals surface area contributed by atoms with E-state index in [0.717, 1.165) is 16.0 Å². The maximum Gasteiger partial charge on any atom is 0.287 e. The lowest BCUT2D eigenvalue weighted by atomic mass is 10.2. The number of rotatable bonds is 9. The van der Waals surface area contributed by atoms with Crippen LogP contribution < -0.4 is 5.32 Å². The molecule has 3 rings (SSSR count). The minimum Gasteiger partial charge on any atom is -0.459 e. The maximum atomic E-state index is 12.4. The van der Waals surface area contributed by atoms with Gasteiger partial charge in [-0.15, -0.1) is 11.8 Å². The van der Waals surface area contributed by atoms with E-state index >= 15 is 0 Å². The molecule has 29 heavy (non-hydrogen) atoms. The van der Waals surface area contributed by atoms with Crippen LogP contribution in [0.2, 0.25) is 0 Å². The van der Waals surface area contributed by atoms with Gasteiger partial charge in [0.2, 0.25) is 5.91 Å². The Bertz CT molecular complexity index is 926. The van der Waals surface area contributed by atoms with Gasteiger partial charge in [-0.2, -0.15) is 0 Å². The minimum absolute atomic E-state index is 0.0199. The number of thioether (sulfide) groups is 1. The fourth-order valence-corrected chi connectivity index (χ4v) is 3.73. The third kappa shape index (κ3) is 6.26. The average molecular weight is 409 g/mol. The predicted octanol–water partition coefficient (Wildman–Crippen LogP) is 4.35. The van der Waals surface area contributed by atoms with Gasteiger partial charge in [0, 0.05) is 42.8 Å². The molecular weight excluding hydrogens is 384 g/mol. The molecule has 2 aromatic carbocycles. The van der Waals surface area contributed by atoms with E-state index in [-0.39, 0.29) is 24.8 Å². The molecule has 0 saturated carbocycles. The molecule has 0 aliphatic rings. The van der Waals surface area contributed by atoms with Gasteiger partial charge in [0.15, 0.2) is 5.76 Å². The highest BCUT2D eigenvalue weighted by molar-refractivity contribution is 7.98. The molecule has 1 aromatic heterocycles. The van der Waals surface area contributed by atoms with Crippen molar-refractivity contribution in [3.05, 3.63) is 89.9 Å². The van der Waals surface area contributed by atoms with Gasteiger partial charge < -0.3 is 14.6 Å². The summed E-state index contributed by atoms with van der Waals surface area (Å²) in [4.78, 5) is 27.5. The molecule has 150 valence electrons. The summed E-state index contributed by atoms with van der Waals surface area (Å²) in [5, 5.41) is 2.78. The molecule has 2 amide bonds. The van der Waals surface area contributed by atoms with Crippen LogP contribution in [0, 0.1) is 0 Å². The molecule has 0 saturated heterocycles. The van der Waals surface area contributed by atoms with Gasteiger partial charge in [0.25, 0.3) is 5.91 Å². The number of carbonyl (C=O) groups excluding carboxylic acids is 2. The zero-order valence-corrected chi connectivity index (χ0v) is 17.2. The number of carbonyl (C=O) groups is 2. The Balaban J connectivity index is 1.45. The lowest BCUT2D eigenvalue weighted by molar-refractivity contribution is -0.130. The molecule has 3 aromatic rings. The molecule has 5 nitrogen and oxygen atoms in total. The van der Waals surface area contributed by atoms with Crippen LogP contribution in [0.25, 0.3) is 0 Å². The smallest absolute Gasteiger partial charge is 0.287 e. The molecule has 0 bridgehead atoms. The molecule has 0 aliphatic heterocycles. The lowest BCUT2D eigenvalue weighted by Crippen LogP contribution is -2.32. The van der Waals surface area contributed by atoms with E-state index in [9.17, 15) is 9.59 Å². The summed E-state index contributed by atoms with van der Waals surface area (Å²) in [5.74, 6) is 0.631. The maximum absolute atomic E-state index is 12.4. The highest BCUT2D eigenvalue weighted by Gasteiger charge is 2.16. The van der Waals surface area contributed by atoms with Crippen LogP contribution >= 0.6 is 11.8 Å². The molecule has 6 heteroatoms. The Morgan fingerprint density at radius 1 is 1.00 bits per heavy atom. The Hall–Kier alpha value is -2.99. The molecule has 0 aliphatic carbocycles. The van der Waals surface area contributed by atoms with Gasteiger partial charge >= 0.3 is 0 Å². The molecule has 0 unspecified atom stereocenters. The second kappa shape index (κ2) is 10.5. The van der Waals surface area contributed by atoms with E-state index in [1.165, 1.54) is 6.26 Å². The number of nitrogens with zero attached hydrogens (tertiary/aromatic N) is 1. The number of furan rings is 1. The number of hydrogen-bond donors (Lipinski definition) is 1. The van der Waals surface area contributed by atoms with Crippen LogP contribution in [-0.2, 0) is 17.1 Å². The van der Waals surface area contributed by atoms with Crippen molar-refractivity contribution < 1.29 is 14.0 Å². The monoisotopic (exact) mass is 408 g/mol. The van der Waals surface area contributed by atoms with Crippen molar-refractivity contribution in [3.63, 3.8) is 0 Å². The second-order valence-electron chi connectivity index (χ2n) is 6.62. The van der Waals surface area contributed by atoms with Gasteiger partial charge in [-0.1, -0.05) is 48.5 Å². The van der Waals surface area contributed by atoms with Crippen LogP contribution in [0.5, 0.6) is 0 Å². The topological polar surface area (TPSA) is 62.6 Å². The third-order valence-electron chi connectivity index (χ3n) is 4.40. The predicted molar refractivity (Wildman–Crippen MR) is 115 cm³/mol. The van der Waals surface area contributed by atoms with Crippen molar-refractivity contribution in [3.8, 4) is 0 Å². The largest absolute Gasteiger partial charge is 0.459 e. The highest BCUT2D eigenvalue weighted by atomic mass is 32.2. The molecule has 0 atom stereocenters. The quantitative estimate of drug-likeness (QED) is 0.535. The summed E-state index contributed by atoms with van der Waals surface area (Å²) in [5.41, 5.74) is 1.91. The fourth-order valence-electron chi connectivity index (χ4n) is 2.83. The molecule has 1 heterocycles. The summed E-state index contributed by atoms with van der Waals surface area (Å²) < 4.78 is 5.38. The van der Waals surface area contributed by atoms with E-state index in [2.05, 4.69) is 5.32 Å². The van der Waals surface area contributed by atoms with Crippen molar-refractivity contribution in [1.82, 2.24) is 10.2 Å². The van der Waals surface area contributed by atoms with E-state index < -0.39 is 0 Å². The molecule has 1 N–H and O–H groups in total. The van der Waals surface area contributed by atoms with Crippen molar-refractivity contribution in [2.24, 2.45) is 0 Å². The summed E-state index contributed by atoms with van der Waals surface area (Å²) in [7, 11) is 1.77. The Morgan fingerprint density at radius 3 is 2.41 bits per heavy atom. The van der Waals surface area contributed by atoms with Crippen molar-refractivity contribution in [1.29, 1.82) is 0 Å². The van der Waals surface area contributed by atoms with Crippen LogP contribution in [0.15, 0.2) is 82.3 Å². The zero-order valence-electron chi connectivity index (χ0n) is 16.3. The van der Waals surface area contributed by atoms with E-state index in [1.807, 2.05) is 66.7 Å². The van der Waals surface area contributed by atoms with Crippen LogP contribution in [0.4, 0.5) is 0 Å². The number of amides is 2. The van der Waals surface area contributed by atoms with Crippen molar-refractivity contribution in [2.75, 3.05) is 13.6 Å². The van der Waals surface area contributed by atoms with Gasteiger partial charge in [-0.25, -0.2) is 0 Å². The molecule has 0 fully saturated rings. The standard InChI is InChI=1S/C23H24N2O3S/c1-25(16-18-8-4-2-5-9-18)21(26)12-14-24-23(27)22-19(13-15-28-22)17-29-20-10-6-3-7-11-20/h2-11,13,15H,12,14,16-17H2,1H3,(H,24,27). The number of nitrogens with one attached hydrogen (secondary N) is 1. The normalized spacial score (nSPS) is 10.5. The zero-order chi connectivity index (χ0) is 20.5. The molecule has 0 radical (unpaired) electrons. The first-order chi connectivity index (χ1) is 14.1. The fraction of sp³-hybridized carbons (Fsp3) is 0.217. The average Bonchev–Trinajstić information content (AvgIpc) is 3.22.